The van der Waals surface area contributed by atoms with Crippen LogP contribution >= 0.6 is 15.9 Å². The molecule has 0 radical (unpaired) electrons. The summed E-state index contributed by atoms with van der Waals surface area (Å²) in [6.07, 6.45) is 2.35. The normalized spacial score (nSPS) is 11.2. The van der Waals surface area contributed by atoms with E-state index in [2.05, 4.69) is 45.7 Å². The van der Waals surface area contributed by atoms with Gasteiger partial charge in [0.25, 0.3) is 0 Å². The number of aromatic nitrogens is 1. The van der Waals surface area contributed by atoms with E-state index < -0.39 is 0 Å². The molecule has 0 fully saturated rings. The molecule has 0 aliphatic carbocycles. The molecule has 1 rings (SSSR count). The molecule has 0 aliphatic heterocycles. The van der Waals surface area contributed by atoms with Crippen LogP contribution in [0.5, 0.6) is 5.88 Å². The fourth-order valence-corrected chi connectivity index (χ4v) is 2.63. The first-order chi connectivity index (χ1) is 8.74. The van der Waals surface area contributed by atoms with Gasteiger partial charge in [0.1, 0.15) is 0 Å². The molecule has 0 unspecified atom stereocenters. The van der Waals surface area contributed by atoms with Gasteiger partial charge in [-0.05, 0) is 18.9 Å². The Bertz CT molecular complexity index is 342. The lowest BCUT2D eigenvalue weighted by Gasteiger charge is -2.29. The molecule has 0 saturated carbocycles. The monoisotopic (exact) mass is 314 g/mol. The third-order valence-corrected chi connectivity index (χ3v) is 3.54. The van der Waals surface area contributed by atoms with E-state index in [-0.39, 0.29) is 0 Å². The summed E-state index contributed by atoms with van der Waals surface area (Å²) in [4.78, 5) is 6.97. The van der Waals surface area contributed by atoms with Crippen molar-refractivity contribution >= 4 is 15.9 Å². The summed E-state index contributed by atoms with van der Waals surface area (Å²) in [5, 5.41) is 0.994. The zero-order chi connectivity index (χ0) is 13.4. The topological polar surface area (TPSA) is 25.4 Å². The van der Waals surface area contributed by atoms with Crippen LogP contribution < -0.4 is 4.74 Å². The van der Waals surface area contributed by atoms with Gasteiger partial charge in [0.2, 0.25) is 5.88 Å². The molecule has 4 heteroatoms. The SMILES string of the molecule is CCC(CC)N(CCBr)Cc1cccc(OC)n1. The van der Waals surface area contributed by atoms with E-state index in [0.29, 0.717) is 11.9 Å². The van der Waals surface area contributed by atoms with Crippen LogP contribution in [0.25, 0.3) is 0 Å². The third-order valence-electron chi connectivity index (χ3n) is 3.19. The Morgan fingerprint density at radius 3 is 2.61 bits per heavy atom. The molecule has 18 heavy (non-hydrogen) atoms. The number of alkyl halides is 1. The van der Waals surface area contributed by atoms with Crippen molar-refractivity contribution in [1.82, 2.24) is 9.88 Å². The number of pyridine rings is 1. The molecule has 0 bridgehead atoms. The molecule has 3 nitrogen and oxygen atoms in total. The highest BCUT2D eigenvalue weighted by Gasteiger charge is 2.15. The van der Waals surface area contributed by atoms with Crippen molar-refractivity contribution in [2.45, 2.75) is 39.3 Å². The maximum atomic E-state index is 5.17. The van der Waals surface area contributed by atoms with E-state index in [1.165, 1.54) is 12.8 Å². The second kappa shape index (κ2) is 8.48. The average molecular weight is 315 g/mol. The summed E-state index contributed by atoms with van der Waals surface area (Å²) in [5.74, 6) is 0.691. The lowest BCUT2D eigenvalue weighted by atomic mass is 10.1. The lowest BCUT2D eigenvalue weighted by Crippen LogP contribution is -2.35. The zero-order valence-corrected chi connectivity index (χ0v) is 13.1. The Balaban J connectivity index is 2.75. The fraction of sp³-hybridized carbons (Fsp3) is 0.643. The summed E-state index contributed by atoms with van der Waals surface area (Å²) in [6.45, 7) is 6.42. The largest absolute Gasteiger partial charge is 0.481 e. The van der Waals surface area contributed by atoms with Gasteiger partial charge in [-0.2, -0.15) is 0 Å². The summed E-state index contributed by atoms with van der Waals surface area (Å²) in [5.41, 5.74) is 1.07. The van der Waals surface area contributed by atoms with Crippen LogP contribution in [0.1, 0.15) is 32.4 Å². The Hall–Kier alpha value is -0.610. The summed E-state index contributed by atoms with van der Waals surface area (Å²) in [6, 6.07) is 6.57. The number of nitrogens with zero attached hydrogens (tertiary/aromatic N) is 2. The van der Waals surface area contributed by atoms with Crippen LogP contribution in [-0.2, 0) is 6.54 Å². The van der Waals surface area contributed by atoms with Gasteiger partial charge in [0.15, 0.2) is 0 Å². The van der Waals surface area contributed by atoms with Crippen molar-refractivity contribution in [3.05, 3.63) is 23.9 Å². The second-order valence-corrected chi connectivity index (χ2v) is 5.09. The highest BCUT2D eigenvalue weighted by molar-refractivity contribution is 9.09. The Morgan fingerprint density at radius 2 is 2.06 bits per heavy atom. The minimum Gasteiger partial charge on any atom is -0.481 e. The van der Waals surface area contributed by atoms with Crippen molar-refractivity contribution in [2.24, 2.45) is 0 Å². The van der Waals surface area contributed by atoms with Crippen LogP contribution in [0, 0.1) is 0 Å². The fourth-order valence-electron chi connectivity index (χ4n) is 2.17. The van der Waals surface area contributed by atoms with Gasteiger partial charge >= 0.3 is 0 Å². The molecule has 0 amide bonds. The Kier molecular flexibility index (Phi) is 7.28. The Labute approximate surface area is 119 Å². The van der Waals surface area contributed by atoms with E-state index in [1.807, 2.05) is 12.1 Å². The minimum absolute atomic E-state index is 0.621. The predicted octanol–water partition coefficient (Wildman–Crippen LogP) is 3.48. The first-order valence-electron chi connectivity index (χ1n) is 6.55. The molecular formula is C14H23BrN2O. The predicted molar refractivity (Wildman–Crippen MR) is 79.4 cm³/mol. The van der Waals surface area contributed by atoms with Crippen LogP contribution in [0.2, 0.25) is 0 Å². The van der Waals surface area contributed by atoms with Crippen LogP contribution in [0.3, 0.4) is 0 Å². The maximum Gasteiger partial charge on any atom is 0.213 e. The van der Waals surface area contributed by atoms with Gasteiger partial charge in [0.05, 0.1) is 12.8 Å². The number of ether oxygens (including phenoxy) is 1. The number of methoxy groups -OCH3 is 1. The third kappa shape index (κ3) is 4.58. The standard InChI is InChI=1S/C14H23BrN2O/c1-4-13(5-2)17(10-9-15)11-12-7-6-8-14(16-12)18-3/h6-8,13H,4-5,9-11H2,1-3H3. The average Bonchev–Trinajstić information content (AvgIpc) is 2.40. The number of hydrogen-bond donors (Lipinski definition) is 0. The highest BCUT2D eigenvalue weighted by atomic mass is 79.9. The van der Waals surface area contributed by atoms with E-state index in [9.17, 15) is 0 Å². The molecule has 0 saturated heterocycles. The van der Waals surface area contributed by atoms with E-state index >= 15 is 0 Å². The lowest BCUT2D eigenvalue weighted by molar-refractivity contribution is 0.186. The summed E-state index contributed by atoms with van der Waals surface area (Å²) < 4.78 is 5.17. The molecule has 0 aromatic carbocycles. The van der Waals surface area contributed by atoms with Gasteiger partial charge in [-0.15, -0.1) is 0 Å². The molecule has 102 valence electrons. The van der Waals surface area contributed by atoms with Gasteiger partial charge in [-0.1, -0.05) is 35.8 Å². The first-order valence-corrected chi connectivity index (χ1v) is 7.67. The van der Waals surface area contributed by atoms with Crippen LogP contribution in [0.15, 0.2) is 18.2 Å². The quantitative estimate of drug-likeness (QED) is 0.687. The molecule has 0 aliphatic rings. The van der Waals surface area contributed by atoms with Crippen molar-refractivity contribution in [3.63, 3.8) is 0 Å². The summed E-state index contributed by atoms with van der Waals surface area (Å²) >= 11 is 3.53. The Morgan fingerprint density at radius 1 is 1.33 bits per heavy atom. The van der Waals surface area contributed by atoms with Gasteiger partial charge in [-0.25, -0.2) is 4.98 Å². The van der Waals surface area contributed by atoms with E-state index in [1.54, 1.807) is 7.11 Å². The second-order valence-electron chi connectivity index (χ2n) is 4.30. The van der Waals surface area contributed by atoms with Crippen molar-refractivity contribution in [1.29, 1.82) is 0 Å². The molecule has 0 N–H and O–H groups in total. The van der Waals surface area contributed by atoms with Crippen LogP contribution in [0.4, 0.5) is 0 Å². The summed E-state index contributed by atoms with van der Waals surface area (Å²) in [7, 11) is 1.66. The molecule has 0 spiro atoms. The van der Waals surface area contributed by atoms with E-state index in [0.717, 1.165) is 24.1 Å². The van der Waals surface area contributed by atoms with E-state index in [4.69, 9.17) is 4.74 Å². The molecule has 0 atom stereocenters. The van der Waals surface area contributed by atoms with Crippen molar-refractivity contribution in [3.8, 4) is 5.88 Å². The minimum atomic E-state index is 0.621. The zero-order valence-electron chi connectivity index (χ0n) is 11.5. The van der Waals surface area contributed by atoms with Crippen molar-refractivity contribution in [2.75, 3.05) is 19.0 Å². The van der Waals surface area contributed by atoms with Gasteiger partial charge < -0.3 is 4.74 Å². The van der Waals surface area contributed by atoms with Gasteiger partial charge in [-0.3, -0.25) is 4.90 Å². The number of hydrogen-bond acceptors (Lipinski definition) is 3. The molecule has 1 heterocycles. The number of halogens is 1. The molecule has 1 aromatic rings. The van der Waals surface area contributed by atoms with Gasteiger partial charge in [0, 0.05) is 30.5 Å². The van der Waals surface area contributed by atoms with Crippen LogP contribution in [-0.4, -0.2) is 34.9 Å². The molecular weight excluding hydrogens is 292 g/mol. The first kappa shape index (κ1) is 15.4. The molecule has 1 aromatic heterocycles. The smallest absolute Gasteiger partial charge is 0.213 e. The van der Waals surface area contributed by atoms with Crippen molar-refractivity contribution < 1.29 is 4.74 Å². The number of rotatable bonds is 8. The maximum absolute atomic E-state index is 5.17. The highest BCUT2D eigenvalue weighted by Crippen LogP contribution is 2.14.